The lowest BCUT2D eigenvalue weighted by molar-refractivity contribution is -0.138. The van der Waals surface area contributed by atoms with Crippen molar-refractivity contribution in [3.05, 3.63) is 46.0 Å². The molecule has 0 amide bonds. The van der Waals surface area contributed by atoms with Gasteiger partial charge < -0.3 is 10.1 Å². The summed E-state index contributed by atoms with van der Waals surface area (Å²) in [4.78, 5) is 23.1. The molecule has 0 bridgehead atoms. The molecule has 0 fully saturated rings. The van der Waals surface area contributed by atoms with E-state index in [1.165, 1.54) is 17.3 Å². The standard InChI is InChI=1S/C18H21NO3S/c1-5-22-17(21)15-12(10-20)11-23-16(15)19-14-8-6-13(7-9-14)18(2,3)4/h6-9,19H,5,11H2,1-4H3. The molecule has 0 unspecified atom stereocenters. The van der Waals surface area contributed by atoms with Crippen molar-refractivity contribution in [1.82, 2.24) is 0 Å². The molecule has 0 atom stereocenters. The van der Waals surface area contributed by atoms with Gasteiger partial charge in [0.1, 0.15) is 11.5 Å². The van der Waals surface area contributed by atoms with Gasteiger partial charge in [-0.3, -0.25) is 0 Å². The molecule has 0 saturated carbocycles. The van der Waals surface area contributed by atoms with E-state index in [9.17, 15) is 9.59 Å². The van der Waals surface area contributed by atoms with Crippen LogP contribution in [0.5, 0.6) is 0 Å². The number of carbonyl (C=O) groups is 1. The molecule has 23 heavy (non-hydrogen) atoms. The van der Waals surface area contributed by atoms with Crippen molar-refractivity contribution in [1.29, 1.82) is 0 Å². The highest BCUT2D eigenvalue weighted by Gasteiger charge is 2.29. The van der Waals surface area contributed by atoms with Crippen LogP contribution in [-0.2, 0) is 19.7 Å². The molecule has 1 aromatic carbocycles. The van der Waals surface area contributed by atoms with Crippen LogP contribution in [0.1, 0.15) is 33.3 Å². The monoisotopic (exact) mass is 331 g/mol. The van der Waals surface area contributed by atoms with Crippen molar-refractivity contribution in [2.75, 3.05) is 17.7 Å². The second kappa shape index (κ2) is 7.07. The molecule has 0 saturated heterocycles. The van der Waals surface area contributed by atoms with Crippen molar-refractivity contribution in [3.8, 4) is 0 Å². The van der Waals surface area contributed by atoms with E-state index < -0.39 is 5.97 Å². The second-order valence-electron chi connectivity index (χ2n) is 6.25. The van der Waals surface area contributed by atoms with E-state index in [2.05, 4.69) is 38.2 Å². The molecule has 0 aromatic heterocycles. The Morgan fingerprint density at radius 2 is 1.96 bits per heavy atom. The van der Waals surface area contributed by atoms with Crippen LogP contribution in [0.15, 0.2) is 40.4 Å². The average molecular weight is 331 g/mol. The summed E-state index contributed by atoms with van der Waals surface area (Å²) in [7, 11) is 0. The van der Waals surface area contributed by atoms with E-state index >= 15 is 0 Å². The molecule has 0 radical (unpaired) electrons. The normalized spacial score (nSPS) is 14.7. The van der Waals surface area contributed by atoms with Gasteiger partial charge in [0.05, 0.1) is 17.2 Å². The van der Waals surface area contributed by atoms with Gasteiger partial charge in [-0.2, -0.15) is 0 Å². The lowest BCUT2D eigenvalue weighted by Gasteiger charge is -2.19. The fourth-order valence-corrected chi connectivity index (χ4v) is 3.24. The molecule has 0 spiro atoms. The van der Waals surface area contributed by atoms with E-state index in [-0.39, 0.29) is 12.0 Å². The van der Waals surface area contributed by atoms with Crippen LogP contribution in [0, 0.1) is 0 Å². The minimum absolute atomic E-state index is 0.0867. The zero-order valence-electron chi connectivity index (χ0n) is 13.9. The maximum atomic E-state index is 12.1. The van der Waals surface area contributed by atoms with Gasteiger partial charge in [0.25, 0.3) is 0 Å². The van der Waals surface area contributed by atoms with Gasteiger partial charge in [0.2, 0.25) is 0 Å². The van der Waals surface area contributed by atoms with E-state index in [4.69, 9.17) is 4.74 Å². The maximum absolute atomic E-state index is 12.1. The summed E-state index contributed by atoms with van der Waals surface area (Å²) in [6.45, 7) is 8.48. The fraction of sp³-hybridized carbons (Fsp3) is 0.389. The summed E-state index contributed by atoms with van der Waals surface area (Å²) in [6.07, 6.45) is 0. The van der Waals surface area contributed by atoms with E-state index in [1.807, 2.05) is 18.1 Å². The molecule has 1 heterocycles. The van der Waals surface area contributed by atoms with Crippen LogP contribution in [-0.4, -0.2) is 24.3 Å². The Bertz CT molecular complexity index is 677. The first-order chi connectivity index (χ1) is 10.9. The van der Waals surface area contributed by atoms with Crippen molar-refractivity contribution in [3.63, 3.8) is 0 Å². The van der Waals surface area contributed by atoms with Gasteiger partial charge >= 0.3 is 5.97 Å². The third-order valence-electron chi connectivity index (χ3n) is 3.50. The summed E-state index contributed by atoms with van der Waals surface area (Å²) in [5, 5.41) is 3.86. The number of nitrogens with one attached hydrogen (secondary N) is 1. The molecule has 1 aliphatic heterocycles. The summed E-state index contributed by atoms with van der Waals surface area (Å²) >= 11 is 1.41. The predicted molar refractivity (Wildman–Crippen MR) is 94.1 cm³/mol. The smallest absolute Gasteiger partial charge is 0.341 e. The van der Waals surface area contributed by atoms with Crippen LogP contribution < -0.4 is 5.32 Å². The first kappa shape index (κ1) is 17.4. The first-order valence-electron chi connectivity index (χ1n) is 7.53. The average Bonchev–Trinajstić information content (AvgIpc) is 2.90. The maximum Gasteiger partial charge on any atom is 0.341 e. The second-order valence-corrected chi connectivity index (χ2v) is 7.23. The molecule has 1 N–H and O–H groups in total. The summed E-state index contributed by atoms with van der Waals surface area (Å²) in [5.74, 6) is 1.79. The Morgan fingerprint density at radius 1 is 1.30 bits per heavy atom. The van der Waals surface area contributed by atoms with Gasteiger partial charge in [-0.1, -0.05) is 32.9 Å². The lowest BCUT2D eigenvalue weighted by Crippen LogP contribution is -2.12. The van der Waals surface area contributed by atoms with Crippen LogP contribution in [0.2, 0.25) is 0 Å². The zero-order valence-corrected chi connectivity index (χ0v) is 14.7. The van der Waals surface area contributed by atoms with Gasteiger partial charge in [0.15, 0.2) is 0 Å². The number of hydrogen-bond acceptors (Lipinski definition) is 5. The number of carbonyl (C=O) groups excluding carboxylic acids is 2. The van der Waals surface area contributed by atoms with Gasteiger partial charge in [-0.15, -0.1) is 11.8 Å². The van der Waals surface area contributed by atoms with Crippen molar-refractivity contribution < 1.29 is 14.3 Å². The highest BCUT2D eigenvalue weighted by molar-refractivity contribution is 8.03. The topological polar surface area (TPSA) is 55.4 Å². The Kier molecular flexibility index (Phi) is 5.34. The molecule has 122 valence electrons. The van der Waals surface area contributed by atoms with Crippen molar-refractivity contribution >= 4 is 29.4 Å². The highest BCUT2D eigenvalue weighted by Crippen LogP contribution is 2.36. The van der Waals surface area contributed by atoms with Crippen LogP contribution in [0.4, 0.5) is 5.69 Å². The number of hydrogen-bond donors (Lipinski definition) is 1. The number of benzene rings is 1. The molecule has 2 rings (SSSR count). The quantitative estimate of drug-likeness (QED) is 0.674. The van der Waals surface area contributed by atoms with Gasteiger partial charge in [0, 0.05) is 11.4 Å². The minimum atomic E-state index is -0.482. The summed E-state index contributed by atoms with van der Waals surface area (Å²) in [5.41, 5.74) is 2.84. The van der Waals surface area contributed by atoms with Crippen molar-refractivity contribution in [2.24, 2.45) is 0 Å². The van der Waals surface area contributed by atoms with Crippen molar-refractivity contribution in [2.45, 2.75) is 33.1 Å². The van der Waals surface area contributed by atoms with E-state index in [1.54, 1.807) is 6.92 Å². The molecule has 1 aromatic rings. The first-order valence-corrected chi connectivity index (χ1v) is 8.51. The number of rotatable bonds is 4. The lowest BCUT2D eigenvalue weighted by atomic mass is 9.87. The Hall–Kier alpha value is -1.97. The van der Waals surface area contributed by atoms with Gasteiger partial charge in [-0.05, 0) is 30.0 Å². The largest absolute Gasteiger partial charge is 0.462 e. The third kappa shape index (κ3) is 4.06. The molecule has 4 nitrogen and oxygen atoms in total. The molecular weight excluding hydrogens is 310 g/mol. The fourth-order valence-electron chi connectivity index (χ4n) is 2.21. The predicted octanol–water partition coefficient (Wildman–Crippen LogP) is 3.68. The molecule has 5 heteroatoms. The number of ether oxygens (including phenoxy) is 1. The van der Waals surface area contributed by atoms with Crippen LogP contribution in [0.3, 0.4) is 0 Å². The number of esters is 1. The zero-order chi connectivity index (χ0) is 17.0. The SMILES string of the molecule is CCOC(=O)C1=C(Nc2ccc(C(C)(C)C)cc2)SCC1=C=O. The molecule has 0 aliphatic carbocycles. The van der Waals surface area contributed by atoms with Crippen LogP contribution in [0.25, 0.3) is 0 Å². The Balaban J connectivity index is 2.27. The molecule has 1 aliphatic rings. The summed E-state index contributed by atoms with van der Waals surface area (Å²) in [6, 6.07) is 8.06. The Labute approximate surface area is 141 Å². The number of anilines is 1. The summed E-state index contributed by atoms with van der Waals surface area (Å²) < 4.78 is 5.04. The molecular formula is C18H21NO3S. The van der Waals surface area contributed by atoms with Gasteiger partial charge in [-0.25, -0.2) is 9.59 Å². The highest BCUT2D eigenvalue weighted by atomic mass is 32.2. The Morgan fingerprint density at radius 3 is 2.48 bits per heavy atom. The number of thioether (sulfide) groups is 1. The third-order valence-corrected chi connectivity index (χ3v) is 4.53. The van der Waals surface area contributed by atoms with E-state index in [0.29, 0.717) is 21.9 Å². The van der Waals surface area contributed by atoms with Crippen LogP contribution >= 0.6 is 11.8 Å². The minimum Gasteiger partial charge on any atom is -0.462 e. The van der Waals surface area contributed by atoms with E-state index in [0.717, 1.165) is 5.69 Å².